The van der Waals surface area contributed by atoms with Gasteiger partial charge in [-0.05, 0) is 56.2 Å². The molecule has 1 aromatic carbocycles. The Bertz CT molecular complexity index is 863. The summed E-state index contributed by atoms with van der Waals surface area (Å²) in [5.41, 5.74) is 2.32. The fourth-order valence-electron chi connectivity index (χ4n) is 4.20. The van der Waals surface area contributed by atoms with Gasteiger partial charge in [0.1, 0.15) is 0 Å². The average Bonchev–Trinajstić information content (AvgIpc) is 3.20. The molecule has 1 aromatic heterocycles. The average molecular weight is 387 g/mol. The fourth-order valence-corrected chi connectivity index (χ4v) is 5.13. The Kier molecular flexibility index (Phi) is 4.84. The molecular weight excluding hydrogens is 360 g/mol. The fraction of sp³-hybridized carbons (Fsp3) is 0.524. The van der Waals surface area contributed by atoms with E-state index in [1.165, 1.54) is 5.56 Å². The van der Waals surface area contributed by atoms with Gasteiger partial charge in [-0.3, -0.25) is 4.79 Å². The lowest BCUT2D eigenvalue weighted by molar-refractivity contribution is -0.133. The van der Waals surface area contributed by atoms with E-state index in [0.29, 0.717) is 13.2 Å². The third-order valence-electron chi connectivity index (χ3n) is 5.51. The van der Waals surface area contributed by atoms with E-state index in [9.17, 15) is 4.79 Å². The molecule has 0 aliphatic carbocycles. The molecule has 144 valence electrons. The minimum absolute atomic E-state index is 0.0836. The topological polar surface area (TPSA) is 51.7 Å². The van der Waals surface area contributed by atoms with Crippen LogP contribution in [0.25, 0.3) is 0 Å². The Morgan fingerprint density at radius 3 is 2.89 bits per heavy atom. The van der Waals surface area contributed by atoms with Gasteiger partial charge in [0.05, 0.1) is 17.1 Å². The molecule has 2 aliphatic rings. The summed E-state index contributed by atoms with van der Waals surface area (Å²) >= 11 is 1.64. The van der Waals surface area contributed by atoms with Crippen molar-refractivity contribution in [1.29, 1.82) is 0 Å². The highest BCUT2D eigenvalue weighted by Gasteiger charge is 2.34. The molecule has 2 aromatic rings. The Hall–Kier alpha value is -2.08. The summed E-state index contributed by atoms with van der Waals surface area (Å²) in [6.07, 6.45) is 3.58. The SMILES string of the molecule is Cc1nc(C)c(CC(=O)N2CCCC(C)(Cc3ccc4c(c3)OCO4)C2)s1. The number of carbonyl (C=O) groups is 1. The quantitative estimate of drug-likeness (QED) is 0.800. The van der Waals surface area contributed by atoms with E-state index in [4.69, 9.17) is 9.47 Å². The smallest absolute Gasteiger partial charge is 0.231 e. The van der Waals surface area contributed by atoms with Crippen molar-refractivity contribution in [1.82, 2.24) is 9.88 Å². The molecule has 0 radical (unpaired) electrons. The zero-order valence-electron chi connectivity index (χ0n) is 16.2. The Morgan fingerprint density at radius 2 is 2.11 bits per heavy atom. The number of thiazole rings is 1. The Morgan fingerprint density at radius 1 is 1.30 bits per heavy atom. The van der Waals surface area contributed by atoms with Crippen LogP contribution in [0.1, 0.15) is 40.9 Å². The molecule has 0 spiro atoms. The van der Waals surface area contributed by atoms with Crippen LogP contribution < -0.4 is 9.47 Å². The molecule has 1 amide bonds. The first-order valence-corrected chi connectivity index (χ1v) is 10.3. The highest BCUT2D eigenvalue weighted by atomic mass is 32.1. The van der Waals surface area contributed by atoms with Crippen molar-refractivity contribution in [3.8, 4) is 11.5 Å². The monoisotopic (exact) mass is 386 g/mol. The molecule has 3 heterocycles. The van der Waals surface area contributed by atoms with Gasteiger partial charge in [0.15, 0.2) is 11.5 Å². The third-order valence-corrected chi connectivity index (χ3v) is 6.59. The molecule has 1 unspecified atom stereocenters. The van der Waals surface area contributed by atoms with Crippen LogP contribution in [0.3, 0.4) is 0 Å². The van der Waals surface area contributed by atoms with E-state index in [0.717, 1.165) is 59.4 Å². The zero-order chi connectivity index (χ0) is 19.0. The molecule has 1 atom stereocenters. The van der Waals surface area contributed by atoms with E-state index in [1.54, 1.807) is 11.3 Å². The van der Waals surface area contributed by atoms with Crippen molar-refractivity contribution in [3.05, 3.63) is 39.3 Å². The third kappa shape index (κ3) is 3.95. The number of benzene rings is 1. The van der Waals surface area contributed by atoms with Crippen molar-refractivity contribution in [2.45, 2.75) is 46.5 Å². The number of ether oxygens (including phenoxy) is 2. The summed E-state index contributed by atoms with van der Waals surface area (Å²) in [6.45, 7) is 8.23. The van der Waals surface area contributed by atoms with Gasteiger partial charge in [0.2, 0.25) is 12.7 Å². The predicted molar refractivity (Wildman–Crippen MR) is 105 cm³/mol. The number of piperidine rings is 1. The zero-order valence-corrected chi connectivity index (χ0v) is 17.0. The number of amides is 1. The summed E-state index contributed by atoms with van der Waals surface area (Å²) in [4.78, 5) is 20.5. The van der Waals surface area contributed by atoms with Gasteiger partial charge in [-0.25, -0.2) is 4.98 Å². The Labute approximate surface area is 164 Å². The summed E-state index contributed by atoms with van der Waals surface area (Å²) in [5, 5.41) is 1.03. The van der Waals surface area contributed by atoms with Crippen LogP contribution in [0.2, 0.25) is 0 Å². The number of aryl methyl sites for hydroxylation is 2. The van der Waals surface area contributed by atoms with Crippen LogP contribution in [0.5, 0.6) is 11.5 Å². The Balaban J connectivity index is 1.43. The first-order valence-electron chi connectivity index (χ1n) is 9.51. The van der Waals surface area contributed by atoms with Gasteiger partial charge in [-0.2, -0.15) is 0 Å². The van der Waals surface area contributed by atoms with Crippen LogP contribution in [0.4, 0.5) is 0 Å². The van der Waals surface area contributed by atoms with E-state index >= 15 is 0 Å². The van der Waals surface area contributed by atoms with E-state index < -0.39 is 0 Å². The number of nitrogens with zero attached hydrogens (tertiary/aromatic N) is 2. The van der Waals surface area contributed by atoms with E-state index in [-0.39, 0.29) is 11.3 Å². The highest BCUT2D eigenvalue weighted by molar-refractivity contribution is 7.11. The number of hydrogen-bond donors (Lipinski definition) is 0. The highest BCUT2D eigenvalue weighted by Crippen LogP contribution is 2.37. The van der Waals surface area contributed by atoms with Crippen molar-refractivity contribution >= 4 is 17.2 Å². The standard InChI is InChI=1S/C21H26N2O3S/c1-14-19(27-15(2)22-14)10-20(24)23-8-4-7-21(3,12-23)11-16-5-6-17-18(9-16)26-13-25-17/h5-6,9H,4,7-8,10-13H2,1-3H3. The van der Waals surface area contributed by atoms with Crippen LogP contribution in [-0.2, 0) is 17.6 Å². The van der Waals surface area contributed by atoms with E-state index in [2.05, 4.69) is 24.0 Å². The molecule has 0 saturated carbocycles. The largest absolute Gasteiger partial charge is 0.454 e. The van der Waals surface area contributed by atoms with Crippen molar-refractivity contribution in [2.24, 2.45) is 5.41 Å². The first-order chi connectivity index (χ1) is 12.9. The molecule has 27 heavy (non-hydrogen) atoms. The van der Waals surface area contributed by atoms with Crippen LogP contribution in [0, 0.1) is 19.3 Å². The lowest BCUT2D eigenvalue weighted by atomic mass is 9.77. The summed E-state index contributed by atoms with van der Waals surface area (Å²) < 4.78 is 10.9. The maximum absolute atomic E-state index is 12.9. The van der Waals surface area contributed by atoms with Gasteiger partial charge in [-0.15, -0.1) is 11.3 Å². The molecule has 4 rings (SSSR count). The van der Waals surface area contributed by atoms with Crippen molar-refractivity contribution < 1.29 is 14.3 Å². The second-order valence-electron chi connectivity index (χ2n) is 8.01. The molecule has 1 saturated heterocycles. The predicted octanol–water partition coefficient (Wildman–Crippen LogP) is 3.90. The lowest BCUT2D eigenvalue weighted by Gasteiger charge is -2.41. The first kappa shape index (κ1) is 18.3. The number of aromatic nitrogens is 1. The van der Waals surface area contributed by atoms with Crippen molar-refractivity contribution in [3.63, 3.8) is 0 Å². The minimum atomic E-state index is 0.0836. The maximum atomic E-state index is 12.9. The number of carbonyl (C=O) groups excluding carboxylic acids is 1. The van der Waals surface area contributed by atoms with Gasteiger partial charge < -0.3 is 14.4 Å². The number of rotatable bonds is 4. The second kappa shape index (κ2) is 7.15. The second-order valence-corrected chi connectivity index (χ2v) is 9.30. The van der Waals surface area contributed by atoms with Gasteiger partial charge in [0.25, 0.3) is 0 Å². The number of likely N-dealkylation sites (tertiary alicyclic amines) is 1. The molecule has 5 nitrogen and oxygen atoms in total. The summed E-state index contributed by atoms with van der Waals surface area (Å²) in [5.74, 6) is 1.87. The van der Waals surface area contributed by atoms with Crippen LogP contribution in [0.15, 0.2) is 18.2 Å². The van der Waals surface area contributed by atoms with Gasteiger partial charge >= 0.3 is 0 Å². The molecule has 6 heteroatoms. The number of fused-ring (bicyclic) bond motifs is 1. The molecule has 0 bridgehead atoms. The maximum Gasteiger partial charge on any atom is 0.231 e. The normalized spacial score (nSPS) is 21.5. The van der Waals surface area contributed by atoms with Crippen molar-refractivity contribution in [2.75, 3.05) is 19.9 Å². The lowest BCUT2D eigenvalue weighted by Crippen LogP contribution is -2.46. The van der Waals surface area contributed by atoms with Gasteiger partial charge in [-0.1, -0.05) is 13.0 Å². The van der Waals surface area contributed by atoms with Gasteiger partial charge in [0, 0.05) is 18.0 Å². The van der Waals surface area contributed by atoms with Crippen LogP contribution >= 0.6 is 11.3 Å². The minimum Gasteiger partial charge on any atom is -0.454 e. The summed E-state index contributed by atoms with van der Waals surface area (Å²) in [7, 11) is 0. The molecular formula is C21H26N2O3S. The molecule has 1 fully saturated rings. The number of hydrogen-bond acceptors (Lipinski definition) is 5. The van der Waals surface area contributed by atoms with Crippen LogP contribution in [-0.4, -0.2) is 35.7 Å². The molecule has 0 N–H and O–H groups in total. The molecule has 2 aliphatic heterocycles. The van der Waals surface area contributed by atoms with E-state index in [1.807, 2.05) is 24.8 Å². The summed E-state index contributed by atoms with van der Waals surface area (Å²) in [6, 6.07) is 6.18.